The third kappa shape index (κ3) is 3.89. The van der Waals surface area contributed by atoms with E-state index in [1.807, 2.05) is 17.9 Å². The molecule has 2 N–H and O–H groups in total. The molecule has 4 rings (SSSR count). The fourth-order valence-electron chi connectivity index (χ4n) is 2.46. The van der Waals surface area contributed by atoms with Crippen molar-refractivity contribution >= 4 is 28.6 Å². The lowest BCUT2D eigenvalue weighted by Gasteiger charge is -2.01. The van der Waals surface area contributed by atoms with Gasteiger partial charge < -0.3 is 5.73 Å². The van der Waals surface area contributed by atoms with E-state index >= 15 is 0 Å². The van der Waals surface area contributed by atoms with Crippen LogP contribution in [0.4, 0.5) is 14.6 Å². The number of halogens is 2. The molecular formula is C17H19F2N5S. The first-order valence-corrected chi connectivity index (χ1v) is 9.24. The van der Waals surface area contributed by atoms with E-state index in [1.165, 1.54) is 23.9 Å². The molecule has 1 saturated carbocycles. The maximum Gasteiger partial charge on any atom is 0.191 e. The molecule has 0 aliphatic heterocycles. The number of aromatic nitrogens is 4. The van der Waals surface area contributed by atoms with Gasteiger partial charge in [0.05, 0.1) is 11.6 Å². The summed E-state index contributed by atoms with van der Waals surface area (Å²) in [6.45, 7) is 2.80. The normalized spacial score (nSPS) is 13.6. The van der Waals surface area contributed by atoms with Crippen molar-refractivity contribution in [3.8, 4) is 0 Å². The van der Waals surface area contributed by atoms with Crippen LogP contribution in [0.15, 0.2) is 29.6 Å². The molecule has 0 saturated heterocycles. The van der Waals surface area contributed by atoms with E-state index in [2.05, 4.69) is 15.1 Å². The number of aryl methyl sites for hydroxylation is 1. The molecule has 1 aromatic carbocycles. The second-order valence-electron chi connectivity index (χ2n) is 5.74. The largest absolute Gasteiger partial charge is 0.383 e. The number of nitrogen functional groups attached to an aromatic ring is 1. The second-order valence-corrected chi connectivity index (χ2v) is 6.51. The van der Waals surface area contributed by atoms with Crippen LogP contribution < -0.4 is 5.73 Å². The summed E-state index contributed by atoms with van der Waals surface area (Å²) in [7, 11) is 0. The van der Waals surface area contributed by atoms with Crippen LogP contribution >= 0.6 is 11.8 Å². The first-order valence-electron chi connectivity index (χ1n) is 8.01. The van der Waals surface area contributed by atoms with E-state index in [0.717, 1.165) is 36.0 Å². The van der Waals surface area contributed by atoms with Crippen LogP contribution in [0, 0.1) is 11.6 Å². The number of thioether (sulfide) groups is 1. The van der Waals surface area contributed by atoms with Crippen LogP contribution in [0.2, 0.25) is 0 Å². The Hall–Kier alpha value is -2.22. The van der Waals surface area contributed by atoms with Gasteiger partial charge in [-0.3, -0.25) is 0 Å². The average molecular weight is 363 g/mol. The molecule has 3 aromatic rings. The Morgan fingerprint density at radius 1 is 1.24 bits per heavy atom. The first-order chi connectivity index (χ1) is 12.0. The maximum atomic E-state index is 12.6. The standard InChI is InChI=1S/C9H8F2.C8H11N5S/c10-8-4-3-7(5-9(8)11)6-1-2-6;1-3-13-7-5(4-10-13)6(9)11-8(12-7)14-2/h3-6H,1-2H2;4H,3H2,1-2H3,(H2,9,11,12). The Labute approximate surface area is 148 Å². The van der Waals surface area contributed by atoms with Crippen molar-refractivity contribution in [1.82, 2.24) is 19.7 Å². The highest BCUT2D eigenvalue weighted by molar-refractivity contribution is 7.98. The van der Waals surface area contributed by atoms with Crippen molar-refractivity contribution in [1.29, 1.82) is 0 Å². The SMILES string of the molecule is CCn1ncc2c(N)nc(SC)nc21.Fc1ccc(C2CC2)cc1F. The van der Waals surface area contributed by atoms with Gasteiger partial charge in [0.15, 0.2) is 22.4 Å². The number of hydrogen-bond acceptors (Lipinski definition) is 5. The van der Waals surface area contributed by atoms with Gasteiger partial charge in [0.25, 0.3) is 0 Å². The Bertz CT molecular complexity index is 892. The highest BCUT2D eigenvalue weighted by atomic mass is 32.2. The zero-order valence-corrected chi connectivity index (χ0v) is 14.9. The van der Waals surface area contributed by atoms with E-state index in [-0.39, 0.29) is 0 Å². The van der Waals surface area contributed by atoms with Crippen LogP contribution in [-0.2, 0) is 6.54 Å². The van der Waals surface area contributed by atoms with Crippen LogP contribution in [0.5, 0.6) is 0 Å². The summed E-state index contributed by atoms with van der Waals surface area (Å²) in [6.07, 6.45) is 5.86. The minimum atomic E-state index is -0.755. The predicted molar refractivity (Wildman–Crippen MR) is 95.5 cm³/mol. The Morgan fingerprint density at radius 2 is 2.00 bits per heavy atom. The Kier molecular flexibility index (Phi) is 5.17. The van der Waals surface area contributed by atoms with Gasteiger partial charge in [0.1, 0.15) is 5.82 Å². The van der Waals surface area contributed by atoms with E-state index < -0.39 is 11.6 Å². The molecule has 0 bridgehead atoms. The van der Waals surface area contributed by atoms with Crippen LogP contribution in [0.3, 0.4) is 0 Å². The number of anilines is 1. The lowest BCUT2D eigenvalue weighted by atomic mass is 10.1. The molecule has 1 aliphatic rings. The molecule has 5 nitrogen and oxygen atoms in total. The molecule has 25 heavy (non-hydrogen) atoms. The molecule has 0 spiro atoms. The van der Waals surface area contributed by atoms with Crippen molar-refractivity contribution < 1.29 is 8.78 Å². The lowest BCUT2D eigenvalue weighted by Crippen LogP contribution is -2.00. The zero-order chi connectivity index (χ0) is 18.0. The fraction of sp³-hybridized carbons (Fsp3) is 0.353. The van der Waals surface area contributed by atoms with Gasteiger partial charge >= 0.3 is 0 Å². The minimum absolute atomic E-state index is 0.491. The summed E-state index contributed by atoms with van der Waals surface area (Å²) < 4.78 is 26.8. The van der Waals surface area contributed by atoms with E-state index in [4.69, 9.17) is 5.73 Å². The molecule has 8 heteroatoms. The average Bonchev–Trinajstić information content (AvgIpc) is 3.37. The minimum Gasteiger partial charge on any atom is -0.383 e. The van der Waals surface area contributed by atoms with Crippen molar-refractivity contribution in [3.63, 3.8) is 0 Å². The van der Waals surface area contributed by atoms with Gasteiger partial charge in [-0.05, 0) is 49.6 Å². The van der Waals surface area contributed by atoms with Crippen molar-refractivity contribution in [2.45, 2.75) is 37.4 Å². The van der Waals surface area contributed by atoms with Crippen molar-refractivity contribution in [3.05, 3.63) is 41.6 Å². The predicted octanol–water partition coefficient (Wildman–Crippen LogP) is 3.99. The summed E-state index contributed by atoms with van der Waals surface area (Å²) in [6, 6.07) is 4.16. The van der Waals surface area contributed by atoms with E-state index in [1.54, 1.807) is 12.3 Å². The quantitative estimate of drug-likeness (QED) is 0.563. The first kappa shape index (κ1) is 17.6. The van der Waals surface area contributed by atoms with Crippen LogP contribution in [-0.4, -0.2) is 26.0 Å². The molecular weight excluding hydrogens is 344 g/mol. The molecule has 0 unspecified atom stereocenters. The van der Waals surface area contributed by atoms with E-state index in [0.29, 0.717) is 16.9 Å². The van der Waals surface area contributed by atoms with Gasteiger partial charge in [0, 0.05) is 6.54 Å². The molecule has 132 valence electrons. The Balaban J connectivity index is 0.000000150. The molecule has 0 radical (unpaired) electrons. The summed E-state index contributed by atoms with van der Waals surface area (Å²) in [4.78, 5) is 8.50. The smallest absolute Gasteiger partial charge is 0.191 e. The Morgan fingerprint density at radius 3 is 2.60 bits per heavy atom. The van der Waals surface area contributed by atoms with Crippen molar-refractivity contribution in [2.24, 2.45) is 0 Å². The molecule has 0 amide bonds. The molecule has 1 fully saturated rings. The number of fused-ring (bicyclic) bond motifs is 1. The van der Waals surface area contributed by atoms with Gasteiger partial charge in [-0.25, -0.2) is 23.4 Å². The molecule has 0 atom stereocenters. The molecule has 1 aliphatic carbocycles. The third-order valence-corrected chi connectivity index (χ3v) is 4.53. The lowest BCUT2D eigenvalue weighted by molar-refractivity contribution is 0.507. The summed E-state index contributed by atoms with van der Waals surface area (Å²) in [5.74, 6) is -0.493. The number of rotatable bonds is 3. The monoisotopic (exact) mass is 363 g/mol. The number of hydrogen-bond donors (Lipinski definition) is 1. The second kappa shape index (κ2) is 7.35. The highest BCUT2D eigenvalue weighted by Crippen LogP contribution is 2.40. The maximum absolute atomic E-state index is 12.6. The molecule has 2 aromatic heterocycles. The zero-order valence-electron chi connectivity index (χ0n) is 14.0. The van der Waals surface area contributed by atoms with E-state index in [9.17, 15) is 8.78 Å². The van der Waals surface area contributed by atoms with Gasteiger partial charge in [0.2, 0.25) is 0 Å². The summed E-state index contributed by atoms with van der Waals surface area (Å²) in [5, 5.41) is 5.68. The van der Waals surface area contributed by atoms with Crippen molar-refractivity contribution in [2.75, 3.05) is 12.0 Å². The summed E-state index contributed by atoms with van der Waals surface area (Å²) >= 11 is 1.48. The fourth-order valence-corrected chi connectivity index (χ4v) is 2.83. The molecule has 2 heterocycles. The topological polar surface area (TPSA) is 69.6 Å². The van der Waals surface area contributed by atoms with Gasteiger partial charge in [-0.15, -0.1) is 0 Å². The summed E-state index contributed by atoms with van der Waals surface area (Å²) in [5.41, 5.74) is 7.53. The van der Waals surface area contributed by atoms with Crippen LogP contribution in [0.1, 0.15) is 31.2 Å². The van der Waals surface area contributed by atoms with Gasteiger partial charge in [-0.1, -0.05) is 17.8 Å². The van der Waals surface area contributed by atoms with Gasteiger partial charge in [-0.2, -0.15) is 5.10 Å². The number of nitrogens with two attached hydrogens (primary N) is 1. The third-order valence-electron chi connectivity index (χ3n) is 3.98. The number of nitrogens with zero attached hydrogens (tertiary/aromatic N) is 4. The number of benzene rings is 1. The van der Waals surface area contributed by atoms with Crippen LogP contribution in [0.25, 0.3) is 11.0 Å². The highest BCUT2D eigenvalue weighted by Gasteiger charge is 2.24.